The highest BCUT2D eigenvalue weighted by molar-refractivity contribution is 5.92. The Hall–Kier alpha value is -3.58. The first-order chi connectivity index (χ1) is 16.7. The first kappa shape index (κ1) is 23.6. The normalized spacial score (nSPS) is 12.7. The van der Waals surface area contributed by atoms with Gasteiger partial charge in [-0.2, -0.15) is 0 Å². The average molecular weight is 462 g/mol. The van der Waals surface area contributed by atoms with E-state index in [9.17, 15) is 4.79 Å². The Bertz CT molecular complexity index is 1110. The van der Waals surface area contributed by atoms with Crippen molar-refractivity contribution in [2.45, 2.75) is 45.8 Å². The van der Waals surface area contributed by atoms with Gasteiger partial charge in [0.15, 0.2) is 23.0 Å². The summed E-state index contributed by atoms with van der Waals surface area (Å²) in [5.41, 5.74) is 2.37. The maximum atomic E-state index is 12.6. The van der Waals surface area contributed by atoms with E-state index in [1.165, 1.54) is 5.56 Å². The Balaban J connectivity index is 1.35. The van der Waals surface area contributed by atoms with Gasteiger partial charge in [-0.05, 0) is 36.1 Å². The number of hydrogen-bond acceptors (Lipinski definition) is 6. The summed E-state index contributed by atoms with van der Waals surface area (Å²) in [4.78, 5) is 15.0. The van der Waals surface area contributed by atoms with Gasteiger partial charge in [0.05, 0.1) is 6.54 Å². The Morgan fingerprint density at radius 2 is 1.88 bits per heavy atom. The predicted molar refractivity (Wildman–Crippen MR) is 130 cm³/mol. The van der Waals surface area contributed by atoms with Gasteiger partial charge in [-0.3, -0.25) is 9.69 Å². The molecule has 7 nitrogen and oxygen atoms in total. The minimum atomic E-state index is -0.272. The largest absolute Gasteiger partial charge is 0.454 e. The highest BCUT2D eigenvalue weighted by Gasteiger charge is 2.19. The lowest BCUT2D eigenvalue weighted by molar-refractivity contribution is 0.0941. The third-order valence-corrected chi connectivity index (χ3v) is 5.95. The van der Waals surface area contributed by atoms with Crippen LogP contribution in [-0.4, -0.2) is 35.3 Å². The van der Waals surface area contributed by atoms with E-state index in [-0.39, 0.29) is 18.4 Å². The van der Waals surface area contributed by atoms with Crippen molar-refractivity contribution in [2.75, 3.05) is 13.3 Å². The van der Waals surface area contributed by atoms with Crippen molar-refractivity contribution in [1.82, 2.24) is 15.4 Å². The zero-order valence-electron chi connectivity index (χ0n) is 19.7. The van der Waals surface area contributed by atoms with Gasteiger partial charge in [0.1, 0.15) is 0 Å². The van der Waals surface area contributed by atoms with Crippen molar-refractivity contribution in [1.29, 1.82) is 0 Å². The molecule has 178 valence electrons. The molecule has 0 bridgehead atoms. The lowest BCUT2D eigenvalue weighted by Crippen LogP contribution is -2.34. The Kier molecular flexibility index (Phi) is 7.99. The highest BCUT2D eigenvalue weighted by atomic mass is 16.7. The number of hydrogen-bond donors (Lipinski definition) is 1. The minimum Gasteiger partial charge on any atom is -0.454 e. The van der Waals surface area contributed by atoms with Crippen LogP contribution in [0.5, 0.6) is 11.5 Å². The molecule has 0 unspecified atom stereocenters. The number of carbonyl (C=O) groups excluding carboxylic acids is 1. The summed E-state index contributed by atoms with van der Waals surface area (Å²) >= 11 is 0. The van der Waals surface area contributed by atoms with E-state index in [2.05, 4.69) is 53.5 Å². The maximum absolute atomic E-state index is 12.6. The first-order valence-electron chi connectivity index (χ1n) is 11.7. The summed E-state index contributed by atoms with van der Waals surface area (Å²) in [7, 11) is 0. The summed E-state index contributed by atoms with van der Waals surface area (Å²) in [6, 6.07) is 18.0. The third kappa shape index (κ3) is 6.05. The van der Waals surface area contributed by atoms with Gasteiger partial charge in [-0.15, -0.1) is 0 Å². The van der Waals surface area contributed by atoms with Crippen molar-refractivity contribution in [3.8, 4) is 11.5 Å². The highest BCUT2D eigenvalue weighted by Crippen LogP contribution is 2.32. The van der Waals surface area contributed by atoms with Crippen molar-refractivity contribution < 1.29 is 18.8 Å². The molecular formula is C27H31N3O4. The first-order valence-corrected chi connectivity index (χ1v) is 11.7. The molecule has 2 aromatic carbocycles. The van der Waals surface area contributed by atoms with E-state index >= 15 is 0 Å². The van der Waals surface area contributed by atoms with Crippen LogP contribution in [0.15, 0.2) is 65.2 Å². The fourth-order valence-electron chi connectivity index (χ4n) is 4.05. The monoisotopic (exact) mass is 461 g/mol. The quantitative estimate of drug-likeness (QED) is 0.431. The molecule has 1 amide bonds. The van der Waals surface area contributed by atoms with Gasteiger partial charge >= 0.3 is 0 Å². The second-order valence-corrected chi connectivity index (χ2v) is 8.26. The number of aromatic nitrogens is 1. The van der Waals surface area contributed by atoms with Crippen molar-refractivity contribution in [2.24, 2.45) is 0 Å². The molecule has 1 aliphatic rings. The SMILES string of the molecule is CCC(CC)N(CC=Cc1ccccc1)Cc1cc(C(=O)NCc2ccc3c(c2)OCO3)no1. The average Bonchev–Trinajstić information content (AvgIpc) is 3.53. The molecule has 0 saturated carbocycles. The number of carbonyl (C=O) groups is 1. The third-order valence-electron chi connectivity index (χ3n) is 5.95. The molecule has 1 N–H and O–H groups in total. The lowest BCUT2D eigenvalue weighted by atomic mass is 10.1. The van der Waals surface area contributed by atoms with Crippen LogP contribution in [0.25, 0.3) is 6.08 Å². The number of ether oxygens (including phenoxy) is 2. The predicted octanol–water partition coefficient (Wildman–Crippen LogP) is 5.04. The van der Waals surface area contributed by atoms with Crippen LogP contribution in [-0.2, 0) is 13.1 Å². The van der Waals surface area contributed by atoms with Crippen LogP contribution >= 0.6 is 0 Å². The fraction of sp³-hybridized carbons (Fsp3) is 0.333. The maximum Gasteiger partial charge on any atom is 0.273 e. The molecule has 2 heterocycles. The van der Waals surface area contributed by atoms with Crippen LogP contribution < -0.4 is 14.8 Å². The molecule has 4 rings (SSSR count). The number of amides is 1. The summed E-state index contributed by atoms with van der Waals surface area (Å²) < 4.78 is 16.2. The van der Waals surface area contributed by atoms with E-state index in [1.807, 2.05) is 36.4 Å². The van der Waals surface area contributed by atoms with Gasteiger partial charge < -0.3 is 19.3 Å². The standard InChI is InChI=1S/C27H31N3O4/c1-3-22(4-2)30(14-8-11-20-9-6-5-7-10-20)18-23-16-24(29-34-23)27(31)28-17-21-12-13-25-26(15-21)33-19-32-25/h5-13,15-16,22H,3-4,14,17-19H2,1-2H3,(H,28,31). The molecule has 0 fully saturated rings. The van der Waals surface area contributed by atoms with Gasteiger partial charge in [0, 0.05) is 25.2 Å². The van der Waals surface area contributed by atoms with Crippen LogP contribution in [0.3, 0.4) is 0 Å². The Morgan fingerprint density at radius 3 is 2.68 bits per heavy atom. The van der Waals surface area contributed by atoms with Crippen molar-refractivity contribution in [3.63, 3.8) is 0 Å². The van der Waals surface area contributed by atoms with Crippen molar-refractivity contribution in [3.05, 3.63) is 83.3 Å². The van der Waals surface area contributed by atoms with Gasteiger partial charge in [0.2, 0.25) is 6.79 Å². The lowest BCUT2D eigenvalue weighted by Gasteiger charge is -2.28. The molecule has 0 radical (unpaired) electrons. The zero-order valence-corrected chi connectivity index (χ0v) is 19.7. The van der Waals surface area contributed by atoms with Gasteiger partial charge in [0.25, 0.3) is 5.91 Å². The summed E-state index contributed by atoms with van der Waals surface area (Å²) in [6.45, 7) is 6.35. The molecule has 0 aliphatic carbocycles. The van der Waals surface area contributed by atoms with E-state index in [1.54, 1.807) is 6.07 Å². The summed E-state index contributed by atoms with van der Waals surface area (Å²) in [5.74, 6) is 1.81. The van der Waals surface area contributed by atoms with Crippen LogP contribution in [0.4, 0.5) is 0 Å². The van der Waals surface area contributed by atoms with Crippen LogP contribution in [0.2, 0.25) is 0 Å². The fourth-order valence-corrected chi connectivity index (χ4v) is 4.05. The Morgan fingerprint density at radius 1 is 1.09 bits per heavy atom. The second-order valence-electron chi connectivity index (χ2n) is 8.26. The molecule has 0 atom stereocenters. The number of rotatable bonds is 11. The smallest absolute Gasteiger partial charge is 0.273 e. The summed E-state index contributed by atoms with van der Waals surface area (Å²) in [5, 5.41) is 6.89. The molecule has 7 heteroatoms. The second kappa shape index (κ2) is 11.5. The molecule has 0 spiro atoms. The van der Waals surface area contributed by atoms with E-state index in [0.717, 1.165) is 30.7 Å². The molecule has 1 aromatic heterocycles. The Labute approximate surface area is 200 Å². The summed E-state index contributed by atoms with van der Waals surface area (Å²) in [6.07, 6.45) is 6.37. The van der Waals surface area contributed by atoms with Crippen molar-refractivity contribution >= 4 is 12.0 Å². The molecule has 0 saturated heterocycles. The van der Waals surface area contributed by atoms with E-state index < -0.39 is 0 Å². The number of nitrogens with one attached hydrogen (secondary N) is 1. The van der Waals surface area contributed by atoms with E-state index in [4.69, 9.17) is 14.0 Å². The number of nitrogens with zero attached hydrogens (tertiary/aromatic N) is 2. The molecular weight excluding hydrogens is 430 g/mol. The van der Waals surface area contributed by atoms with Crippen LogP contribution in [0, 0.1) is 0 Å². The number of fused-ring (bicyclic) bond motifs is 1. The van der Waals surface area contributed by atoms with E-state index in [0.29, 0.717) is 30.6 Å². The van der Waals surface area contributed by atoms with Gasteiger partial charge in [-0.25, -0.2) is 0 Å². The van der Waals surface area contributed by atoms with Gasteiger partial charge in [-0.1, -0.05) is 67.6 Å². The number of benzene rings is 2. The zero-order chi connectivity index (χ0) is 23.8. The van der Waals surface area contributed by atoms with Crippen LogP contribution in [0.1, 0.15) is 54.1 Å². The molecule has 34 heavy (non-hydrogen) atoms. The topological polar surface area (TPSA) is 76.8 Å². The molecule has 3 aromatic rings. The minimum absolute atomic E-state index is 0.225. The molecule has 1 aliphatic heterocycles.